The third-order valence-corrected chi connectivity index (χ3v) is 5.42. The Bertz CT molecular complexity index is 1220. The Labute approximate surface area is 192 Å². The van der Waals surface area contributed by atoms with Crippen LogP contribution in [0.15, 0.2) is 34.6 Å². The van der Waals surface area contributed by atoms with Gasteiger partial charge in [0.15, 0.2) is 33.6 Å². The zero-order valence-electron chi connectivity index (χ0n) is 18.1. The van der Waals surface area contributed by atoms with Crippen LogP contribution in [0.1, 0.15) is 20.8 Å². The van der Waals surface area contributed by atoms with Gasteiger partial charge in [-0.2, -0.15) is 0 Å². The molecule has 0 unspecified atom stereocenters. The molecule has 0 aliphatic carbocycles. The number of carboxylic acids is 1. The maximum absolute atomic E-state index is 12.2. The van der Waals surface area contributed by atoms with E-state index in [-0.39, 0.29) is 19.2 Å². The van der Waals surface area contributed by atoms with Crippen molar-refractivity contribution in [3.63, 3.8) is 0 Å². The van der Waals surface area contributed by atoms with Crippen LogP contribution in [-0.2, 0) is 16.1 Å². The number of benzene rings is 1. The van der Waals surface area contributed by atoms with Gasteiger partial charge in [-0.05, 0) is 39.0 Å². The highest BCUT2D eigenvalue weighted by atomic mass is 32.2. The number of aromatic nitrogens is 4. The van der Waals surface area contributed by atoms with Gasteiger partial charge in [-0.15, -0.1) is 0 Å². The number of ether oxygens (including phenoxy) is 3. The van der Waals surface area contributed by atoms with Gasteiger partial charge in [0.25, 0.3) is 0 Å². The molecular weight excluding hydrogens is 452 g/mol. The van der Waals surface area contributed by atoms with E-state index in [1.54, 1.807) is 37.5 Å². The van der Waals surface area contributed by atoms with E-state index in [2.05, 4.69) is 20.3 Å². The number of carboxylic acid groups (broad SMARTS) is 1. The first-order valence-corrected chi connectivity index (χ1v) is 10.7. The van der Waals surface area contributed by atoms with Crippen molar-refractivity contribution >= 4 is 40.8 Å². The van der Waals surface area contributed by atoms with Crippen molar-refractivity contribution in [3.05, 3.63) is 24.5 Å². The summed E-state index contributed by atoms with van der Waals surface area (Å²) in [7, 11) is 0. The highest BCUT2D eigenvalue weighted by Crippen LogP contribution is 2.38. The molecule has 1 atom stereocenters. The predicted molar refractivity (Wildman–Crippen MR) is 117 cm³/mol. The van der Waals surface area contributed by atoms with Crippen LogP contribution < -0.4 is 20.5 Å². The second-order valence-corrected chi connectivity index (χ2v) is 9.13. The van der Waals surface area contributed by atoms with E-state index in [0.29, 0.717) is 27.8 Å². The Balaban J connectivity index is 1.67. The summed E-state index contributed by atoms with van der Waals surface area (Å²) in [5, 5.41) is 12.5. The number of carbonyl (C=O) groups excluding carboxylic acids is 1. The molecule has 33 heavy (non-hydrogen) atoms. The summed E-state index contributed by atoms with van der Waals surface area (Å²) in [5.74, 6) is 0.134. The quantitative estimate of drug-likeness (QED) is 0.480. The molecule has 1 aliphatic heterocycles. The van der Waals surface area contributed by atoms with Gasteiger partial charge in [0.1, 0.15) is 18.0 Å². The standard InChI is InChI=1S/C20H22N6O6S/c1-20(2,3)32-19(29)24-11(17(27)28)7-26-16-14(15(21)22-8-23-16)25-18(26)33-10-4-5-12-13(6-10)31-9-30-12/h4-6,8,11H,7,9H2,1-3H3,(H,24,29)(H,27,28)(H2,21,22,23)/t11-/m0/s1. The molecule has 13 heteroatoms. The van der Waals surface area contributed by atoms with E-state index in [9.17, 15) is 14.7 Å². The number of nitrogens with zero attached hydrogens (tertiary/aromatic N) is 4. The number of anilines is 1. The highest BCUT2D eigenvalue weighted by molar-refractivity contribution is 7.99. The van der Waals surface area contributed by atoms with E-state index in [0.717, 1.165) is 4.90 Å². The number of carbonyl (C=O) groups is 2. The fourth-order valence-electron chi connectivity index (χ4n) is 3.04. The lowest BCUT2D eigenvalue weighted by Gasteiger charge is -2.22. The van der Waals surface area contributed by atoms with Crippen molar-refractivity contribution < 1.29 is 28.9 Å². The highest BCUT2D eigenvalue weighted by Gasteiger charge is 2.27. The molecular formula is C20H22N6O6S. The van der Waals surface area contributed by atoms with Gasteiger partial charge in [-0.25, -0.2) is 24.5 Å². The number of nitrogen functional groups attached to an aromatic ring is 1. The summed E-state index contributed by atoms with van der Waals surface area (Å²) in [5.41, 5.74) is 5.84. The smallest absolute Gasteiger partial charge is 0.408 e. The summed E-state index contributed by atoms with van der Waals surface area (Å²) in [4.78, 5) is 37.6. The SMILES string of the molecule is CC(C)(C)OC(=O)N[C@@H](Cn1c(Sc2ccc3c(c2)OCO3)nc2c(N)ncnc21)C(=O)O. The van der Waals surface area contributed by atoms with E-state index >= 15 is 0 Å². The first-order chi connectivity index (χ1) is 15.6. The minimum atomic E-state index is -1.32. The molecule has 0 spiro atoms. The number of rotatable bonds is 6. The third-order valence-electron chi connectivity index (χ3n) is 4.43. The molecule has 0 radical (unpaired) electrons. The van der Waals surface area contributed by atoms with E-state index in [1.807, 2.05) is 6.07 Å². The lowest BCUT2D eigenvalue weighted by atomic mass is 10.2. The molecule has 12 nitrogen and oxygen atoms in total. The summed E-state index contributed by atoms with van der Waals surface area (Å²) >= 11 is 1.25. The van der Waals surface area contributed by atoms with Crippen LogP contribution in [-0.4, -0.2) is 55.1 Å². The maximum Gasteiger partial charge on any atom is 0.408 e. The van der Waals surface area contributed by atoms with E-state index < -0.39 is 23.7 Å². The Hall–Kier alpha value is -3.74. The fraction of sp³-hybridized carbons (Fsp3) is 0.350. The lowest BCUT2D eigenvalue weighted by Crippen LogP contribution is -2.45. The van der Waals surface area contributed by atoms with Crippen LogP contribution in [0.25, 0.3) is 11.2 Å². The molecule has 1 aliphatic rings. The molecule has 0 bridgehead atoms. The molecule has 3 heterocycles. The number of fused-ring (bicyclic) bond motifs is 2. The number of alkyl carbamates (subject to hydrolysis) is 1. The van der Waals surface area contributed by atoms with Crippen molar-refractivity contribution in [2.75, 3.05) is 12.5 Å². The molecule has 174 valence electrons. The van der Waals surface area contributed by atoms with Gasteiger partial charge < -0.3 is 34.9 Å². The second-order valence-electron chi connectivity index (χ2n) is 8.09. The molecule has 1 aromatic carbocycles. The zero-order valence-corrected chi connectivity index (χ0v) is 18.9. The molecule has 4 rings (SSSR count). The summed E-state index contributed by atoms with van der Waals surface area (Å²) in [6.45, 7) is 5.03. The Morgan fingerprint density at radius 3 is 2.79 bits per heavy atom. The first-order valence-electron chi connectivity index (χ1n) is 9.87. The Kier molecular flexibility index (Phi) is 5.89. The minimum absolute atomic E-state index is 0.144. The van der Waals surface area contributed by atoms with Gasteiger partial charge in [0.05, 0.1) is 6.54 Å². The van der Waals surface area contributed by atoms with Crippen LogP contribution >= 0.6 is 11.8 Å². The van der Waals surface area contributed by atoms with Crippen molar-refractivity contribution in [2.24, 2.45) is 0 Å². The maximum atomic E-state index is 12.2. The van der Waals surface area contributed by atoms with Crippen LogP contribution in [0.5, 0.6) is 11.5 Å². The monoisotopic (exact) mass is 474 g/mol. The third kappa shape index (κ3) is 5.03. The topological polar surface area (TPSA) is 164 Å². The zero-order chi connectivity index (χ0) is 23.8. The average molecular weight is 474 g/mol. The number of hydrogen-bond acceptors (Lipinski definition) is 10. The predicted octanol–water partition coefficient (Wildman–Crippen LogP) is 2.27. The van der Waals surface area contributed by atoms with Crippen LogP contribution in [0.4, 0.5) is 10.6 Å². The Morgan fingerprint density at radius 2 is 2.06 bits per heavy atom. The number of hydrogen-bond donors (Lipinski definition) is 3. The number of nitrogens with two attached hydrogens (primary N) is 1. The second kappa shape index (κ2) is 8.65. The van der Waals surface area contributed by atoms with Gasteiger partial charge in [0, 0.05) is 4.90 Å². The first kappa shape index (κ1) is 22.5. The number of amides is 1. The molecule has 0 fully saturated rings. The largest absolute Gasteiger partial charge is 0.480 e. The normalized spacial score (nSPS) is 13.7. The number of aliphatic carboxylic acids is 1. The summed E-state index contributed by atoms with van der Waals surface area (Å²) < 4.78 is 17.5. The summed E-state index contributed by atoms with van der Waals surface area (Å²) in [6.07, 6.45) is 0.417. The van der Waals surface area contributed by atoms with Crippen molar-refractivity contribution in [3.8, 4) is 11.5 Å². The lowest BCUT2D eigenvalue weighted by molar-refractivity contribution is -0.139. The van der Waals surface area contributed by atoms with Crippen molar-refractivity contribution in [2.45, 2.75) is 49.0 Å². The molecule has 1 amide bonds. The van der Waals surface area contributed by atoms with Crippen LogP contribution in [0.2, 0.25) is 0 Å². The Morgan fingerprint density at radius 1 is 1.30 bits per heavy atom. The van der Waals surface area contributed by atoms with Gasteiger partial charge in [-0.1, -0.05) is 11.8 Å². The van der Waals surface area contributed by atoms with E-state index in [4.69, 9.17) is 19.9 Å². The van der Waals surface area contributed by atoms with Crippen molar-refractivity contribution in [1.29, 1.82) is 0 Å². The van der Waals surface area contributed by atoms with Gasteiger partial charge >= 0.3 is 12.1 Å². The molecule has 2 aromatic heterocycles. The van der Waals surface area contributed by atoms with Crippen LogP contribution in [0.3, 0.4) is 0 Å². The minimum Gasteiger partial charge on any atom is -0.480 e. The fourth-order valence-corrected chi connectivity index (χ4v) is 3.96. The average Bonchev–Trinajstić information content (AvgIpc) is 3.31. The molecule has 0 saturated carbocycles. The molecule has 4 N–H and O–H groups in total. The van der Waals surface area contributed by atoms with Crippen LogP contribution in [0, 0.1) is 0 Å². The molecule has 3 aromatic rings. The number of nitrogens with one attached hydrogen (secondary N) is 1. The molecule has 0 saturated heterocycles. The van der Waals surface area contributed by atoms with E-state index in [1.165, 1.54) is 18.1 Å². The van der Waals surface area contributed by atoms with Gasteiger partial charge in [-0.3, -0.25) is 0 Å². The number of imidazole rings is 1. The summed E-state index contributed by atoms with van der Waals surface area (Å²) in [6, 6.07) is 4.07. The van der Waals surface area contributed by atoms with Crippen molar-refractivity contribution in [1.82, 2.24) is 24.8 Å². The van der Waals surface area contributed by atoms with Gasteiger partial charge in [0.2, 0.25) is 6.79 Å².